The molecule has 1 aromatic heterocycles. The third-order valence-corrected chi connectivity index (χ3v) is 5.23. The van der Waals surface area contributed by atoms with Crippen LogP contribution in [0.25, 0.3) is 0 Å². The Kier molecular flexibility index (Phi) is 5.42. The van der Waals surface area contributed by atoms with Gasteiger partial charge in [0.15, 0.2) is 0 Å². The van der Waals surface area contributed by atoms with Crippen molar-refractivity contribution in [3.63, 3.8) is 0 Å². The summed E-state index contributed by atoms with van der Waals surface area (Å²) in [4.78, 5) is 4.51. The largest absolute Gasteiger partial charge is 0.330 e. The van der Waals surface area contributed by atoms with Crippen LogP contribution in [-0.2, 0) is 13.0 Å². The van der Waals surface area contributed by atoms with Crippen LogP contribution in [0.15, 0.2) is 6.33 Å². The van der Waals surface area contributed by atoms with Gasteiger partial charge < -0.3 is 5.73 Å². The van der Waals surface area contributed by atoms with Gasteiger partial charge in [0.05, 0.1) is 0 Å². The lowest BCUT2D eigenvalue weighted by Crippen LogP contribution is -2.38. The third kappa shape index (κ3) is 4.06. The summed E-state index contributed by atoms with van der Waals surface area (Å²) in [6.07, 6.45) is 7.78. The van der Waals surface area contributed by atoms with Gasteiger partial charge in [0, 0.05) is 13.0 Å². The van der Waals surface area contributed by atoms with E-state index in [0.717, 1.165) is 37.2 Å². The van der Waals surface area contributed by atoms with Gasteiger partial charge in [0.1, 0.15) is 12.2 Å². The molecule has 0 bridgehead atoms. The highest BCUT2D eigenvalue weighted by Crippen LogP contribution is 2.42. The quantitative estimate of drug-likeness (QED) is 0.875. The van der Waals surface area contributed by atoms with Gasteiger partial charge in [-0.05, 0) is 55.4 Å². The zero-order chi connectivity index (χ0) is 15.5. The van der Waals surface area contributed by atoms with Crippen LogP contribution in [-0.4, -0.2) is 21.3 Å². The Morgan fingerprint density at radius 3 is 2.48 bits per heavy atom. The highest BCUT2D eigenvalue weighted by molar-refractivity contribution is 4.97. The molecular formula is C17H32N4. The summed E-state index contributed by atoms with van der Waals surface area (Å²) < 4.78 is 2.08. The minimum Gasteiger partial charge on any atom is -0.330 e. The number of aromatic nitrogens is 3. The molecule has 0 saturated heterocycles. The van der Waals surface area contributed by atoms with E-state index in [-0.39, 0.29) is 5.41 Å². The minimum absolute atomic E-state index is 0.243. The monoisotopic (exact) mass is 292 g/mol. The molecular weight excluding hydrogens is 260 g/mol. The van der Waals surface area contributed by atoms with E-state index in [1.807, 2.05) is 0 Å². The second-order valence-corrected chi connectivity index (χ2v) is 7.71. The maximum atomic E-state index is 6.17. The van der Waals surface area contributed by atoms with Crippen molar-refractivity contribution in [3.8, 4) is 0 Å². The second kappa shape index (κ2) is 6.91. The minimum atomic E-state index is 0.243. The molecule has 0 amide bonds. The van der Waals surface area contributed by atoms with Gasteiger partial charge in [0.25, 0.3) is 0 Å². The summed E-state index contributed by atoms with van der Waals surface area (Å²) in [5, 5.41) is 4.40. The van der Waals surface area contributed by atoms with Gasteiger partial charge in [-0.15, -0.1) is 0 Å². The van der Waals surface area contributed by atoms with Crippen LogP contribution in [0.5, 0.6) is 0 Å². The maximum absolute atomic E-state index is 6.17. The second-order valence-electron chi connectivity index (χ2n) is 7.71. The van der Waals surface area contributed by atoms with E-state index in [1.165, 1.54) is 25.7 Å². The molecule has 1 aliphatic carbocycles. The molecule has 1 aliphatic rings. The molecule has 1 fully saturated rings. The van der Waals surface area contributed by atoms with Crippen molar-refractivity contribution in [1.82, 2.24) is 14.8 Å². The molecule has 1 saturated carbocycles. The van der Waals surface area contributed by atoms with E-state index in [1.54, 1.807) is 6.33 Å². The van der Waals surface area contributed by atoms with Crippen LogP contribution >= 0.6 is 0 Å². The Labute approximate surface area is 129 Å². The van der Waals surface area contributed by atoms with Gasteiger partial charge in [-0.3, -0.25) is 0 Å². The fraction of sp³-hybridized carbons (Fsp3) is 0.882. The molecule has 0 unspecified atom stereocenters. The number of nitrogens with two attached hydrogens (primary N) is 1. The molecule has 0 atom stereocenters. The van der Waals surface area contributed by atoms with Gasteiger partial charge in [-0.1, -0.05) is 27.7 Å². The molecule has 21 heavy (non-hydrogen) atoms. The van der Waals surface area contributed by atoms with E-state index in [2.05, 4.69) is 42.5 Å². The van der Waals surface area contributed by atoms with Crippen molar-refractivity contribution in [3.05, 3.63) is 12.2 Å². The number of nitrogens with zero attached hydrogens (tertiary/aromatic N) is 3. The zero-order valence-corrected chi connectivity index (χ0v) is 14.2. The first kappa shape index (κ1) is 16.5. The molecule has 4 heteroatoms. The average molecular weight is 292 g/mol. The van der Waals surface area contributed by atoms with Crippen molar-refractivity contribution in [1.29, 1.82) is 0 Å². The predicted octanol–water partition coefficient (Wildman–Crippen LogP) is 3.27. The molecule has 4 nitrogen and oxygen atoms in total. The van der Waals surface area contributed by atoms with Crippen LogP contribution in [0.3, 0.4) is 0 Å². The summed E-state index contributed by atoms with van der Waals surface area (Å²) in [7, 11) is 0. The maximum Gasteiger partial charge on any atom is 0.138 e. The number of hydrogen-bond acceptors (Lipinski definition) is 3. The van der Waals surface area contributed by atoms with Crippen LogP contribution in [0.1, 0.15) is 59.2 Å². The van der Waals surface area contributed by atoms with Gasteiger partial charge >= 0.3 is 0 Å². The lowest BCUT2D eigenvalue weighted by Gasteiger charge is -2.40. The summed E-state index contributed by atoms with van der Waals surface area (Å²) in [6, 6.07) is 0. The molecule has 2 rings (SSSR count). The topological polar surface area (TPSA) is 56.7 Å². The highest BCUT2D eigenvalue weighted by Gasteiger charge is 2.36. The third-order valence-electron chi connectivity index (χ3n) is 5.23. The Balaban J connectivity index is 2.04. The summed E-state index contributed by atoms with van der Waals surface area (Å²) >= 11 is 0. The molecule has 0 spiro atoms. The number of hydrogen-bond donors (Lipinski definition) is 1. The Morgan fingerprint density at radius 1 is 1.29 bits per heavy atom. The molecule has 1 aromatic rings. The molecule has 0 aromatic carbocycles. The first-order valence-corrected chi connectivity index (χ1v) is 8.52. The fourth-order valence-corrected chi connectivity index (χ4v) is 3.63. The molecule has 0 radical (unpaired) electrons. The SMILES string of the molecule is CC(C)Cn1ncnc1CC1(CN)CCC(C(C)C)CC1. The lowest BCUT2D eigenvalue weighted by atomic mass is 9.66. The summed E-state index contributed by atoms with van der Waals surface area (Å²) in [6.45, 7) is 10.9. The summed E-state index contributed by atoms with van der Waals surface area (Å²) in [5.74, 6) is 3.39. The smallest absolute Gasteiger partial charge is 0.138 e. The van der Waals surface area contributed by atoms with Crippen molar-refractivity contribution in [2.45, 2.75) is 66.3 Å². The van der Waals surface area contributed by atoms with E-state index >= 15 is 0 Å². The average Bonchev–Trinajstić information content (AvgIpc) is 2.85. The van der Waals surface area contributed by atoms with E-state index in [9.17, 15) is 0 Å². The molecule has 120 valence electrons. The van der Waals surface area contributed by atoms with Crippen LogP contribution in [0.2, 0.25) is 0 Å². The predicted molar refractivity (Wildman–Crippen MR) is 86.8 cm³/mol. The van der Waals surface area contributed by atoms with Crippen LogP contribution in [0, 0.1) is 23.2 Å². The normalized spacial score (nSPS) is 26.7. The standard InChI is InChI=1S/C17H32N4/c1-13(2)10-21-16(19-12-20-21)9-17(11-18)7-5-15(6-8-17)14(3)4/h12-15H,5-11,18H2,1-4H3. The molecule has 2 N–H and O–H groups in total. The highest BCUT2D eigenvalue weighted by atomic mass is 15.3. The van der Waals surface area contributed by atoms with Crippen molar-refractivity contribution < 1.29 is 0 Å². The van der Waals surface area contributed by atoms with E-state index in [4.69, 9.17) is 5.73 Å². The van der Waals surface area contributed by atoms with Crippen molar-refractivity contribution >= 4 is 0 Å². The van der Waals surface area contributed by atoms with E-state index in [0.29, 0.717) is 5.92 Å². The Hall–Kier alpha value is -0.900. The first-order valence-electron chi connectivity index (χ1n) is 8.52. The van der Waals surface area contributed by atoms with Crippen molar-refractivity contribution in [2.24, 2.45) is 28.9 Å². The Bertz CT molecular complexity index is 428. The summed E-state index contributed by atoms with van der Waals surface area (Å²) in [5.41, 5.74) is 6.41. The lowest BCUT2D eigenvalue weighted by molar-refractivity contribution is 0.128. The Morgan fingerprint density at radius 2 is 1.95 bits per heavy atom. The van der Waals surface area contributed by atoms with Crippen LogP contribution in [0.4, 0.5) is 0 Å². The van der Waals surface area contributed by atoms with Gasteiger partial charge in [-0.25, -0.2) is 9.67 Å². The van der Waals surface area contributed by atoms with Crippen molar-refractivity contribution in [2.75, 3.05) is 6.54 Å². The first-order chi connectivity index (χ1) is 9.96. The molecule has 0 aliphatic heterocycles. The molecule has 1 heterocycles. The van der Waals surface area contributed by atoms with Gasteiger partial charge in [-0.2, -0.15) is 5.10 Å². The van der Waals surface area contributed by atoms with E-state index < -0.39 is 0 Å². The van der Waals surface area contributed by atoms with Crippen LogP contribution < -0.4 is 5.73 Å². The number of rotatable bonds is 6. The fourth-order valence-electron chi connectivity index (χ4n) is 3.63. The van der Waals surface area contributed by atoms with Gasteiger partial charge in [0.2, 0.25) is 0 Å². The zero-order valence-electron chi connectivity index (χ0n) is 14.2.